The highest BCUT2D eigenvalue weighted by atomic mass is 79.9. The quantitative estimate of drug-likeness (QED) is 0.500. The Morgan fingerprint density at radius 2 is 1.70 bits per heavy atom. The lowest BCUT2D eigenvalue weighted by atomic mass is 10.2. The Morgan fingerprint density at radius 3 is 2.39 bits per heavy atom. The third kappa shape index (κ3) is 5.48. The average molecular weight is 531 g/mol. The van der Waals surface area contributed by atoms with Crippen LogP contribution in [0.5, 0.6) is 11.5 Å². The Hall–Kier alpha value is -3.04. The van der Waals surface area contributed by atoms with Crippen molar-refractivity contribution < 1.29 is 22.7 Å². The van der Waals surface area contributed by atoms with Crippen molar-refractivity contribution in [3.63, 3.8) is 0 Å². The fourth-order valence-electron chi connectivity index (χ4n) is 3.34. The second-order valence-electron chi connectivity index (χ2n) is 7.60. The molecule has 0 aliphatic carbocycles. The maximum Gasteiger partial charge on any atom is 0.264 e. The van der Waals surface area contributed by atoms with Crippen LogP contribution in [-0.4, -0.2) is 40.1 Å². The molecule has 3 aromatic rings. The molecule has 33 heavy (non-hydrogen) atoms. The molecule has 1 heterocycles. The summed E-state index contributed by atoms with van der Waals surface area (Å²) >= 11 is 3.36. The lowest BCUT2D eigenvalue weighted by molar-refractivity contribution is -0.120. The van der Waals surface area contributed by atoms with E-state index < -0.39 is 15.9 Å². The largest absolute Gasteiger partial charge is 0.486 e. The normalized spacial score (nSPS) is 15.0. The first kappa shape index (κ1) is 23.1. The van der Waals surface area contributed by atoms with E-state index in [0.29, 0.717) is 17.2 Å². The summed E-state index contributed by atoms with van der Waals surface area (Å²) in [5, 5.41) is 2.77. The zero-order chi connectivity index (χ0) is 23.4. The second kappa shape index (κ2) is 9.84. The number of ether oxygens (including phenoxy) is 2. The first-order chi connectivity index (χ1) is 15.8. The molecule has 1 amide bonds. The molecule has 1 N–H and O–H groups in total. The van der Waals surface area contributed by atoms with Gasteiger partial charge >= 0.3 is 0 Å². The standard InChI is InChI=1S/C24H23BrN2O5S/c1-17-6-12-21(13-7-17)33(29,30)27(19-10-8-18(25)9-11-19)15-24(28)26-14-20-16-31-22-4-2-3-5-23(22)32-20/h2-13,20H,14-16H2,1H3,(H,26,28)/t20-/m1/s1. The Morgan fingerprint density at radius 1 is 1.03 bits per heavy atom. The number of rotatable bonds is 7. The molecule has 0 fully saturated rings. The Bertz CT molecular complexity index is 1230. The molecule has 0 saturated heterocycles. The Balaban J connectivity index is 1.49. The molecule has 0 radical (unpaired) electrons. The summed E-state index contributed by atoms with van der Waals surface area (Å²) in [5.41, 5.74) is 1.33. The van der Waals surface area contributed by atoms with Crippen molar-refractivity contribution in [1.82, 2.24) is 5.32 Å². The van der Waals surface area contributed by atoms with Gasteiger partial charge < -0.3 is 14.8 Å². The summed E-state index contributed by atoms with van der Waals surface area (Å²) in [7, 11) is -3.96. The number of fused-ring (bicyclic) bond motifs is 1. The molecule has 1 aliphatic rings. The van der Waals surface area contributed by atoms with E-state index in [0.717, 1.165) is 14.3 Å². The van der Waals surface area contributed by atoms with Gasteiger partial charge in [0.15, 0.2) is 11.5 Å². The summed E-state index contributed by atoms with van der Waals surface area (Å²) in [6, 6.07) is 20.6. The molecule has 1 atom stereocenters. The number of amides is 1. The number of halogens is 1. The fourth-order valence-corrected chi connectivity index (χ4v) is 5.02. The van der Waals surface area contributed by atoms with Crippen LogP contribution in [0, 0.1) is 6.92 Å². The monoisotopic (exact) mass is 530 g/mol. The fraction of sp³-hybridized carbons (Fsp3) is 0.208. The smallest absolute Gasteiger partial charge is 0.264 e. The van der Waals surface area contributed by atoms with Crippen molar-refractivity contribution in [2.75, 3.05) is 24.0 Å². The highest BCUT2D eigenvalue weighted by Crippen LogP contribution is 2.30. The summed E-state index contributed by atoms with van der Waals surface area (Å²) in [6.07, 6.45) is -0.376. The lowest BCUT2D eigenvalue weighted by Crippen LogP contribution is -2.45. The first-order valence-electron chi connectivity index (χ1n) is 10.3. The third-order valence-corrected chi connectivity index (χ3v) is 7.42. The first-order valence-corrected chi connectivity index (χ1v) is 12.6. The van der Waals surface area contributed by atoms with E-state index in [1.54, 1.807) is 54.6 Å². The minimum Gasteiger partial charge on any atom is -0.486 e. The van der Waals surface area contributed by atoms with Crippen molar-refractivity contribution in [3.05, 3.63) is 82.8 Å². The molecule has 7 nitrogen and oxygen atoms in total. The molecule has 0 unspecified atom stereocenters. The topological polar surface area (TPSA) is 84.9 Å². The minimum absolute atomic E-state index is 0.115. The van der Waals surface area contributed by atoms with Gasteiger partial charge in [0.05, 0.1) is 17.1 Å². The molecular formula is C24H23BrN2O5S. The van der Waals surface area contributed by atoms with Crippen LogP contribution >= 0.6 is 15.9 Å². The number of sulfonamides is 1. The molecular weight excluding hydrogens is 508 g/mol. The Kier molecular flexibility index (Phi) is 6.90. The third-order valence-electron chi connectivity index (χ3n) is 5.11. The predicted molar refractivity (Wildman–Crippen MR) is 129 cm³/mol. The van der Waals surface area contributed by atoms with E-state index in [1.165, 1.54) is 0 Å². The molecule has 4 rings (SSSR count). The summed E-state index contributed by atoms with van der Waals surface area (Å²) in [4.78, 5) is 12.9. The summed E-state index contributed by atoms with van der Waals surface area (Å²) < 4.78 is 40.2. The number of hydrogen-bond donors (Lipinski definition) is 1. The van der Waals surface area contributed by atoms with Crippen LogP contribution in [0.25, 0.3) is 0 Å². The van der Waals surface area contributed by atoms with Gasteiger partial charge in [-0.25, -0.2) is 8.42 Å². The van der Waals surface area contributed by atoms with Gasteiger partial charge in [-0.1, -0.05) is 45.8 Å². The highest BCUT2D eigenvalue weighted by molar-refractivity contribution is 9.10. The number of carbonyl (C=O) groups is 1. The number of hydrogen-bond acceptors (Lipinski definition) is 5. The van der Waals surface area contributed by atoms with E-state index in [9.17, 15) is 13.2 Å². The molecule has 0 spiro atoms. The van der Waals surface area contributed by atoms with E-state index in [2.05, 4.69) is 21.2 Å². The van der Waals surface area contributed by atoms with Gasteiger partial charge in [0.1, 0.15) is 19.3 Å². The number of benzene rings is 3. The van der Waals surface area contributed by atoms with Crippen LogP contribution in [0.1, 0.15) is 5.56 Å². The van der Waals surface area contributed by atoms with Crippen LogP contribution in [-0.2, 0) is 14.8 Å². The van der Waals surface area contributed by atoms with Gasteiger partial charge in [-0.05, 0) is 55.5 Å². The van der Waals surface area contributed by atoms with Crippen molar-refractivity contribution >= 4 is 37.5 Å². The molecule has 0 aromatic heterocycles. The molecule has 1 aliphatic heterocycles. The van der Waals surface area contributed by atoms with Crippen LogP contribution < -0.4 is 19.1 Å². The van der Waals surface area contributed by atoms with Crippen molar-refractivity contribution in [2.45, 2.75) is 17.9 Å². The van der Waals surface area contributed by atoms with Gasteiger partial charge in [0.2, 0.25) is 5.91 Å². The number of carbonyl (C=O) groups excluding carboxylic acids is 1. The molecule has 0 saturated carbocycles. The second-order valence-corrected chi connectivity index (χ2v) is 10.4. The predicted octanol–water partition coefficient (Wildman–Crippen LogP) is 3.91. The summed E-state index contributed by atoms with van der Waals surface area (Å²) in [5.74, 6) is 0.822. The molecule has 0 bridgehead atoms. The molecule has 3 aromatic carbocycles. The number of nitrogens with one attached hydrogen (secondary N) is 1. The maximum absolute atomic E-state index is 13.4. The van der Waals surface area contributed by atoms with E-state index in [1.807, 2.05) is 25.1 Å². The molecule has 172 valence electrons. The van der Waals surface area contributed by atoms with Crippen molar-refractivity contribution in [1.29, 1.82) is 0 Å². The number of aryl methyl sites for hydroxylation is 1. The Labute approximate surface area is 201 Å². The zero-order valence-electron chi connectivity index (χ0n) is 17.9. The van der Waals surface area contributed by atoms with Crippen molar-refractivity contribution in [2.24, 2.45) is 0 Å². The SMILES string of the molecule is Cc1ccc(S(=O)(=O)N(CC(=O)NC[C@@H]2COc3ccccc3O2)c2ccc(Br)cc2)cc1. The number of nitrogens with zero attached hydrogens (tertiary/aromatic N) is 1. The van der Waals surface area contributed by atoms with E-state index in [-0.39, 0.29) is 30.7 Å². The number of para-hydroxylation sites is 2. The van der Waals surface area contributed by atoms with Crippen LogP contribution in [0.15, 0.2) is 82.2 Å². The van der Waals surface area contributed by atoms with Gasteiger partial charge in [-0.2, -0.15) is 0 Å². The van der Waals surface area contributed by atoms with E-state index >= 15 is 0 Å². The molecule has 9 heteroatoms. The minimum atomic E-state index is -3.96. The summed E-state index contributed by atoms with van der Waals surface area (Å²) in [6.45, 7) is 1.98. The average Bonchev–Trinajstić information content (AvgIpc) is 2.82. The van der Waals surface area contributed by atoms with Crippen LogP contribution in [0.3, 0.4) is 0 Å². The van der Waals surface area contributed by atoms with Gasteiger partial charge in [-0.15, -0.1) is 0 Å². The van der Waals surface area contributed by atoms with Crippen molar-refractivity contribution in [3.8, 4) is 11.5 Å². The van der Waals surface area contributed by atoms with E-state index in [4.69, 9.17) is 9.47 Å². The van der Waals surface area contributed by atoms with Gasteiger partial charge in [-0.3, -0.25) is 9.10 Å². The van der Waals surface area contributed by atoms with Gasteiger partial charge in [0.25, 0.3) is 10.0 Å². The van der Waals surface area contributed by atoms with Crippen LogP contribution in [0.4, 0.5) is 5.69 Å². The lowest BCUT2D eigenvalue weighted by Gasteiger charge is -2.27. The highest BCUT2D eigenvalue weighted by Gasteiger charge is 2.28. The zero-order valence-corrected chi connectivity index (χ0v) is 20.3. The maximum atomic E-state index is 13.4. The van der Waals surface area contributed by atoms with Crippen LogP contribution in [0.2, 0.25) is 0 Å². The van der Waals surface area contributed by atoms with Gasteiger partial charge in [0, 0.05) is 4.47 Å². The number of anilines is 1.